The number of pyridine rings is 1. The number of para-hydroxylation sites is 1. The molecule has 1 N–H and O–H groups in total. The van der Waals surface area contributed by atoms with Gasteiger partial charge < -0.3 is 14.8 Å². The second-order valence-electron chi connectivity index (χ2n) is 7.72. The lowest BCUT2D eigenvalue weighted by molar-refractivity contribution is 0.394. The molecule has 4 rings (SSSR count). The molecule has 0 radical (unpaired) electrons. The maximum absolute atomic E-state index is 13.4. The number of nitrogens with one attached hydrogen (secondary N) is 1. The Morgan fingerprint density at radius 3 is 2.53 bits per heavy atom. The summed E-state index contributed by atoms with van der Waals surface area (Å²) in [7, 11) is 4.19. The summed E-state index contributed by atoms with van der Waals surface area (Å²) >= 11 is 0. The Bertz CT molecular complexity index is 1110. The number of aromatic nitrogens is 2. The van der Waals surface area contributed by atoms with E-state index < -0.39 is 0 Å². The first-order chi connectivity index (χ1) is 14.1. The molecule has 0 saturated heterocycles. The van der Waals surface area contributed by atoms with E-state index in [1.165, 1.54) is 28.4 Å². The van der Waals surface area contributed by atoms with Crippen molar-refractivity contribution in [2.75, 3.05) is 27.2 Å². The summed E-state index contributed by atoms with van der Waals surface area (Å²) in [5.74, 6) is -0.208. The molecule has 6 heteroatoms. The molecular weight excluding hydrogens is 399 g/mol. The molecule has 4 nitrogen and oxygen atoms in total. The summed E-state index contributed by atoms with van der Waals surface area (Å²) in [5, 5.41) is 5.97. The van der Waals surface area contributed by atoms with Crippen LogP contribution in [0.25, 0.3) is 21.8 Å². The van der Waals surface area contributed by atoms with Gasteiger partial charge in [-0.2, -0.15) is 0 Å². The van der Waals surface area contributed by atoms with Crippen LogP contribution in [-0.2, 0) is 13.1 Å². The van der Waals surface area contributed by atoms with E-state index in [9.17, 15) is 4.39 Å². The van der Waals surface area contributed by atoms with Gasteiger partial charge in [0, 0.05) is 35.6 Å². The van der Waals surface area contributed by atoms with Gasteiger partial charge in [-0.1, -0.05) is 30.3 Å². The van der Waals surface area contributed by atoms with Crippen LogP contribution in [0.4, 0.5) is 4.39 Å². The minimum absolute atomic E-state index is 0. The maximum atomic E-state index is 13.4. The van der Waals surface area contributed by atoms with E-state index in [1.807, 2.05) is 18.3 Å². The monoisotopic (exact) mass is 426 g/mol. The highest BCUT2D eigenvalue weighted by atomic mass is 35.5. The van der Waals surface area contributed by atoms with Crippen molar-refractivity contribution in [1.82, 2.24) is 19.8 Å². The number of fused-ring (bicyclic) bond motifs is 3. The highest BCUT2D eigenvalue weighted by Gasteiger charge is 2.14. The lowest BCUT2D eigenvalue weighted by Crippen LogP contribution is -2.21. The SMILES string of the molecule is CN(C)CCCNCc1nccc2c3ccccc3n(Cc3ccc(F)cc3)c12.Cl. The average Bonchev–Trinajstić information content (AvgIpc) is 3.04. The van der Waals surface area contributed by atoms with Crippen LogP contribution in [0.5, 0.6) is 0 Å². The third-order valence-electron chi connectivity index (χ3n) is 5.26. The summed E-state index contributed by atoms with van der Waals surface area (Å²) in [6.45, 7) is 3.43. The van der Waals surface area contributed by atoms with Crippen LogP contribution >= 0.6 is 12.4 Å². The zero-order chi connectivity index (χ0) is 20.2. The van der Waals surface area contributed by atoms with Gasteiger partial charge in [-0.15, -0.1) is 12.4 Å². The van der Waals surface area contributed by atoms with Gasteiger partial charge in [0.05, 0.1) is 11.2 Å². The van der Waals surface area contributed by atoms with E-state index in [4.69, 9.17) is 4.98 Å². The van der Waals surface area contributed by atoms with Crippen LogP contribution in [0.3, 0.4) is 0 Å². The molecule has 0 aliphatic carbocycles. The summed E-state index contributed by atoms with van der Waals surface area (Å²) < 4.78 is 15.7. The molecule has 0 atom stereocenters. The van der Waals surface area contributed by atoms with Crippen LogP contribution in [-0.4, -0.2) is 41.6 Å². The lowest BCUT2D eigenvalue weighted by Gasteiger charge is -2.12. The Morgan fingerprint density at radius 1 is 1.00 bits per heavy atom. The van der Waals surface area contributed by atoms with E-state index in [-0.39, 0.29) is 18.2 Å². The summed E-state index contributed by atoms with van der Waals surface area (Å²) in [6, 6.07) is 17.3. The first kappa shape index (κ1) is 22.2. The second-order valence-corrected chi connectivity index (χ2v) is 7.72. The number of benzene rings is 2. The highest BCUT2D eigenvalue weighted by molar-refractivity contribution is 6.08. The highest BCUT2D eigenvalue weighted by Crippen LogP contribution is 2.31. The fourth-order valence-electron chi connectivity index (χ4n) is 3.87. The Hall–Kier alpha value is -2.47. The van der Waals surface area contributed by atoms with Crippen LogP contribution in [0.15, 0.2) is 60.8 Å². The molecule has 0 unspecified atom stereocenters. The molecule has 158 valence electrons. The number of hydrogen-bond donors (Lipinski definition) is 1. The zero-order valence-electron chi connectivity index (χ0n) is 17.4. The Balaban J connectivity index is 0.00000256. The standard InChI is InChI=1S/C24H27FN4.ClH/c1-28(2)15-5-13-26-16-22-24-21(12-14-27-22)20-6-3-4-7-23(20)29(24)17-18-8-10-19(25)11-9-18;/h3-4,6-12,14,26H,5,13,15-17H2,1-2H3;1H. The van der Waals surface area contributed by atoms with E-state index in [0.29, 0.717) is 6.54 Å². The van der Waals surface area contributed by atoms with Gasteiger partial charge in [-0.25, -0.2) is 4.39 Å². The molecular formula is C24H28ClFN4. The third kappa shape index (κ3) is 4.81. The van der Waals surface area contributed by atoms with Gasteiger partial charge in [0.1, 0.15) is 5.82 Å². The van der Waals surface area contributed by atoms with Crippen molar-refractivity contribution in [3.05, 3.63) is 77.9 Å². The predicted octanol–water partition coefficient (Wildman–Crippen LogP) is 4.84. The van der Waals surface area contributed by atoms with Crippen LogP contribution in [0.2, 0.25) is 0 Å². The molecule has 2 heterocycles. The Morgan fingerprint density at radius 2 is 1.77 bits per heavy atom. The van der Waals surface area contributed by atoms with Gasteiger partial charge in [-0.3, -0.25) is 4.98 Å². The van der Waals surface area contributed by atoms with Crippen molar-refractivity contribution < 1.29 is 4.39 Å². The predicted molar refractivity (Wildman–Crippen MR) is 125 cm³/mol. The molecule has 30 heavy (non-hydrogen) atoms. The topological polar surface area (TPSA) is 33.1 Å². The van der Waals surface area contributed by atoms with Gasteiger partial charge >= 0.3 is 0 Å². The molecule has 4 aromatic rings. The van der Waals surface area contributed by atoms with Crippen LogP contribution in [0.1, 0.15) is 17.7 Å². The molecule has 2 aromatic carbocycles. The van der Waals surface area contributed by atoms with Crippen molar-refractivity contribution in [3.8, 4) is 0 Å². The quantitative estimate of drug-likeness (QED) is 0.409. The van der Waals surface area contributed by atoms with E-state index >= 15 is 0 Å². The van der Waals surface area contributed by atoms with Gasteiger partial charge in [0.25, 0.3) is 0 Å². The fraction of sp³-hybridized carbons (Fsp3) is 0.292. The molecule has 0 amide bonds. The smallest absolute Gasteiger partial charge is 0.123 e. The van der Waals surface area contributed by atoms with Crippen LogP contribution < -0.4 is 5.32 Å². The van der Waals surface area contributed by atoms with E-state index in [2.05, 4.69) is 59.2 Å². The molecule has 0 aliphatic heterocycles. The lowest BCUT2D eigenvalue weighted by atomic mass is 10.1. The van der Waals surface area contributed by atoms with Gasteiger partial charge in [0.15, 0.2) is 0 Å². The van der Waals surface area contributed by atoms with E-state index in [1.54, 1.807) is 0 Å². The molecule has 0 bridgehead atoms. The minimum Gasteiger partial charge on any atom is -0.334 e. The van der Waals surface area contributed by atoms with Crippen LogP contribution in [0, 0.1) is 5.82 Å². The summed E-state index contributed by atoms with van der Waals surface area (Å²) in [4.78, 5) is 6.89. The molecule has 2 aromatic heterocycles. The van der Waals surface area contributed by atoms with Gasteiger partial charge in [0.2, 0.25) is 0 Å². The van der Waals surface area contributed by atoms with Crippen molar-refractivity contribution in [1.29, 1.82) is 0 Å². The largest absolute Gasteiger partial charge is 0.334 e. The Labute approximate surface area is 183 Å². The number of nitrogens with zero attached hydrogens (tertiary/aromatic N) is 3. The van der Waals surface area contributed by atoms with Crippen molar-refractivity contribution in [2.45, 2.75) is 19.5 Å². The maximum Gasteiger partial charge on any atom is 0.123 e. The molecule has 0 fully saturated rings. The van der Waals surface area contributed by atoms with Crippen molar-refractivity contribution >= 4 is 34.2 Å². The first-order valence-corrected chi connectivity index (χ1v) is 10.1. The van der Waals surface area contributed by atoms with Crippen molar-refractivity contribution in [2.24, 2.45) is 0 Å². The Kier molecular flexibility index (Phi) is 7.43. The number of rotatable bonds is 8. The molecule has 0 aliphatic rings. The summed E-state index contributed by atoms with van der Waals surface area (Å²) in [5.41, 5.74) is 4.44. The fourth-order valence-corrected chi connectivity index (χ4v) is 3.87. The van der Waals surface area contributed by atoms with Crippen molar-refractivity contribution in [3.63, 3.8) is 0 Å². The molecule has 0 spiro atoms. The second kappa shape index (κ2) is 10.0. The minimum atomic E-state index is -0.208. The number of hydrogen-bond acceptors (Lipinski definition) is 3. The summed E-state index contributed by atoms with van der Waals surface area (Å²) in [6.07, 6.45) is 3.00. The first-order valence-electron chi connectivity index (χ1n) is 10.1. The zero-order valence-corrected chi connectivity index (χ0v) is 18.3. The molecule has 0 saturated carbocycles. The van der Waals surface area contributed by atoms with Gasteiger partial charge in [-0.05, 0) is 63.4 Å². The third-order valence-corrected chi connectivity index (χ3v) is 5.26. The number of halogens is 2. The van der Waals surface area contributed by atoms with E-state index in [0.717, 1.165) is 42.8 Å². The average molecular weight is 427 g/mol. The normalized spacial score (nSPS) is 11.3.